The number of benzene rings is 3. The molecule has 255 valence electrons. The van der Waals surface area contributed by atoms with Crippen LogP contribution in [0.15, 0.2) is 89.7 Å². The Morgan fingerprint density at radius 2 is 1.41 bits per heavy atom. The monoisotopic (exact) mass is 832 g/mol. The van der Waals surface area contributed by atoms with Crippen molar-refractivity contribution in [2.45, 2.75) is 81.4 Å². The molecule has 0 unspecified atom stereocenters. The van der Waals surface area contributed by atoms with Gasteiger partial charge in [0.2, 0.25) is 0 Å². The minimum atomic E-state index is -1.73. The number of nitrogens with zero attached hydrogens (tertiary/aromatic N) is 3. The van der Waals surface area contributed by atoms with Gasteiger partial charge in [-0.2, -0.15) is 0 Å². The summed E-state index contributed by atoms with van der Waals surface area (Å²) in [7, 11) is 0. The van der Waals surface area contributed by atoms with Crippen molar-refractivity contribution in [3.8, 4) is 22.5 Å². The van der Waals surface area contributed by atoms with Gasteiger partial charge in [-0.25, -0.2) is 0 Å². The predicted molar refractivity (Wildman–Crippen MR) is 200 cm³/mol. The summed E-state index contributed by atoms with van der Waals surface area (Å²) in [5, 5.41) is 2.93. The maximum atomic E-state index is 8.77. The first-order valence-electron chi connectivity index (χ1n) is 19.4. The van der Waals surface area contributed by atoms with Crippen molar-refractivity contribution in [2.75, 3.05) is 0 Å². The number of rotatable bonds is 5. The summed E-state index contributed by atoms with van der Waals surface area (Å²) >= 11 is 0. The molecule has 0 spiro atoms. The van der Waals surface area contributed by atoms with Crippen LogP contribution in [0.1, 0.15) is 87.2 Å². The second-order valence-electron chi connectivity index (χ2n) is 15.3. The van der Waals surface area contributed by atoms with Crippen molar-refractivity contribution in [1.29, 1.82) is 0 Å². The van der Waals surface area contributed by atoms with Gasteiger partial charge in [0.25, 0.3) is 0 Å². The number of hydrogen-bond donors (Lipinski definition) is 0. The molecule has 0 aliphatic rings. The second-order valence-corrected chi connectivity index (χ2v) is 15.3. The van der Waals surface area contributed by atoms with E-state index in [4.69, 9.17) is 12.6 Å². The Morgan fingerprint density at radius 1 is 0.673 bits per heavy atom. The molecule has 4 heterocycles. The van der Waals surface area contributed by atoms with Crippen molar-refractivity contribution in [1.82, 2.24) is 15.0 Å². The van der Waals surface area contributed by atoms with Gasteiger partial charge in [0.1, 0.15) is 5.58 Å². The number of pyridine rings is 3. The molecule has 0 aliphatic heterocycles. The van der Waals surface area contributed by atoms with Crippen LogP contribution in [0.3, 0.4) is 0 Å². The number of aromatic nitrogens is 3. The molecule has 0 N–H and O–H groups in total. The summed E-state index contributed by atoms with van der Waals surface area (Å²) in [5.74, 6) is 0. The zero-order valence-electron chi connectivity index (χ0n) is 35.7. The summed E-state index contributed by atoms with van der Waals surface area (Å²) in [6, 6.07) is 26.8. The Labute approximate surface area is 313 Å². The van der Waals surface area contributed by atoms with Crippen LogP contribution in [0.5, 0.6) is 0 Å². The van der Waals surface area contributed by atoms with E-state index in [9.17, 15) is 0 Å². The molecular weight excluding hydrogens is 779 g/mol. The van der Waals surface area contributed by atoms with Crippen molar-refractivity contribution >= 4 is 32.8 Å². The molecule has 4 nitrogen and oxygen atoms in total. The van der Waals surface area contributed by atoms with Crippen LogP contribution in [0.4, 0.5) is 0 Å². The average Bonchev–Trinajstić information content (AvgIpc) is 3.49. The third kappa shape index (κ3) is 8.82. The molecule has 5 heteroatoms. The smallest absolute Gasteiger partial charge is 0.123 e. The van der Waals surface area contributed by atoms with E-state index in [-0.39, 0.29) is 20.1 Å². The van der Waals surface area contributed by atoms with Crippen molar-refractivity contribution < 1.29 is 32.7 Å². The fourth-order valence-corrected chi connectivity index (χ4v) is 5.69. The van der Waals surface area contributed by atoms with E-state index in [2.05, 4.69) is 27.1 Å². The topological polar surface area (TPSA) is 51.8 Å². The molecule has 7 rings (SSSR count). The first-order chi connectivity index (χ1) is 25.0. The largest absolute Gasteiger partial charge is 0.500 e. The normalized spacial score (nSPS) is 15.0. The summed E-state index contributed by atoms with van der Waals surface area (Å²) < 4.78 is 58.0. The summed E-state index contributed by atoms with van der Waals surface area (Å²) in [6.45, 7) is 16.7. The molecule has 0 fully saturated rings. The number of hydrogen-bond acceptors (Lipinski definition) is 4. The third-order valence-corrected chi connectivity index (χ3v) is 7.38. The second kappa shape index (κ2) is 14.1. The minimum absolute atomic E-state index is 0. The zero-order valence-corrected chi connectivity index (χ0v) is 32.1. The Morgan fingerprint density at radius 3 is 2.10 bits per heavy atom. The fraction of sp³-hybridized carbons (Fsp3) is 0.341. The van der Waals surface area contributed by atoms with Gasteiger partial charge in [-0.05, 0) is 87.7 Å². The van der Waals surface area contributed by atoms with Crippen LogP contribution in [0.25, 0.3) is 55.4 Å². The molecule has 0 saturated carbocycles. The molecule has 49 heavy (non-hydrogen) atoms. The summed E-state index contributed by atoms with van der Waals surface area (Å²) in [6.07, 6.45) is 0.0479. The molecule has 0 aliphatic carbocycles. The van der Waals surface area contributed by atoms with Gasteiger partial charge in [-0.15, -0.1) is 53.6 Å². The Bertz CT molecular complexity index is 2440. The third-order valence-electron chi connectivity index (χ3n) is 7.38. The van der Waals surface area contributed by atoms with E-state index in [1.165, 1.54) is 6.20 Å². The van der Waals surface area contributed by atoms with E-state index in [0.717, 1.165) is 44.0 Å². The van der Waals surface area contributed by atoms with Crippen molar-refractivity contribution in [2.24, 2.45) is 16.2 Å². The van der Waals surface area contributed by atoms with Gasteiger partial charge < -0.3 is 14.4 Å². The summed E-state index contributed by atoms with van der Waals surface area (Å²) in [4.78, 5) is 13.6. The van der Waals surface area contributed by atoms with Gasteiger partial charge in [-0.3, -0.25) is 4.98 Å². The molecule has 7 aromatic rings. The van der Waals surface area contributed by atoms with Crippen LogP contribution < -0.4 is 0 Å². The summed E-state index contributed by atoms with van der Waals surface area (Å²) in [5.41, 5.74) is 4.67. The molecular formula is C44H47IrN3O-2. The van der Waals surface area contributed by atoms with E-state index >= 15 is 0 Å². The molecule has 0 atom stereocenters. The average molecular weight is 832 g/mol. The van der Waals surface area contributed by atoms with Gasteiger partial charge in [0.05, 0.1) is 11.1 Å². The first-order valence-corrected chi connectivity index (χ1v) is 16.4. The molecule has 0 bridgehead atoms. The Balaban J connectivity index is 0.000000208. The van der Waals surface area contributed by atoms with Gasteiger partial charge >= 0.3 is 0 Å². The quantitative estimate of drug-likeness (QED) is 0.128. The molecule has 0 saturated heterocycles. The predicted octanol–water partition coefficient (Wildman–Crippen LogP) is 11.7. The number of furan rings is 1. The zero-order chi connectivity index (χ0) is 39.6. The molecule has 0 amide bonds. The first kappa shape index (κ1) is 28.9. The van der Waals surface area contributed by atoms with Gasteiger partial charge in [-0.1, -0.05) is 91.5 Å². The van der Waals surface area contributed by atoms with Crippen LogP contribution in [-0.2, 0) is 39.2 Å². The van der Waals surface area contributed by atoms with Crippen molar-refractivity contribution in [3.63, 3.8) is 0 Å². The maximum absolute atomic E-state index is 8.77. The van der Waals surface area contributed by atoms with Crippen LogP contribution in [0, 0.1) is 28.4 Å². The van der Waals surface area contributed by atoms with Gasteiger partial charge in [0, 0.05) is 46.1 Å². The fourth-order valence-electron chi connectivity index (χ4n) is 5.69. The Hall–Kier alpha value is -3.92. The Kier molecular flexibility index (Phi) is 8.33. The van der Waals surface area contributed by atoms with Crippen LogP contribution in [-0.4, -0.2) is 15.0 Å². The van der Waals surface area contributed by atoms with Crippen LogP contribution in [0.2, 0.25) is 0 Å². The molecule has 4 aromatic heterocycles. The molecule has 3 aromatic carbocycles. The minimum Gasteiger partial charge on any atom is -0.500 e. The van der Waals surface area contributed by atoms with E-state index < -0.39 is 35.4 Å². The van der Waals surface area contributed by atoms with E-state index in [1.807, 2.05) is 117 Å². The van der Waals surface area contributed by atoms with Gasteiger partial charge in [0.15, 0.2) is 0 Å². The molecule has 1 radical (unpaired) electrons. The van der Waals surface area contributed by atoms with E-state index in [1.54, 1.807) is 24.4 Å². The maximum Gasteiger partial charge on any atom is 0.123 e. The SMILES string of the molecule is [2H]C([2H])(c1ccnc(-c2[c-]cc3oc4cccc5ncc2c3c54)c1)C(C)(C)C.[2H]C([2H])(c1cnc(-c2[c-]cccc2)cc1C([2H])([2H])C(C)(C)C)C(C)(C)C.[Ir]. The standard InChI is InChI=1S/C23H19N2O.C21H28N.Ir/c1-23(2,3)12-14-9-10-24-18(11-14)15-7-8-20-21-16(15)13-25-17-5-4-6-19(26-20)22(17)21;1-20(2,3)13-17-12-19(16-10-8-7-9-11-16)22-15-18(17)14-21(4,5)6;/h4-6,8-11,13H,12H2,1-3H3;7-10,12,15H,13-14H2,1-6H3;/q2*-1;/i12D2;13D2,14D2;. The van der Waals surface area contributed by atoms with Crippen LogP contribution >= 0.6 is 0 Å². The van der Waals surface area contributed by atoms with Crippen molar-refractivity contribution in [3.05, 3.63) is 114 Å². The van der Waals surface area contributed by atoms with E-state index in [0.29, 0.717) is 28.1 Å².